The SMILES string of the molecule is c1ccc(COc2ccc(C3CC3Cc3ccc4ccccc4c3)cc2)cc1. The van der Waals surface area contributed by atoms with E-state index in [0.29, 0.717) is 12.5 Å². The van der Waals surface area contributed by atoms with E-state index in [1.807, 2.05) is 18.2 Å². The van der Waals surface area contributed by atoms with Crippen molar-refractivity contribution in [1.29, 1.82) is 0 Å². The first-order chi connectivity index (χ1) is 13.8. The van der Waals surface area contributed by atoms with Crippen LogP contribution in [0.3, 0.4) is 0 Å². The van der Waals surface area contributed by atoms with Crippen molar-refractivity contribution in [3.05, 3.63) is 114 Å². The fourth-order valence-corrected chi connectivity index (χ4v) is 4.10. The van der Waals surface area contributed by atoms with Crippen LogP contribution in [-0.2, 0) is 13.0 Å². The van der Waals surface area contributed by atoms with Crippen molar-refractivity contribution >= 4 is 10.8 Å². The van der Waals surface area contributed by atoms with Gasteiger partial charge in [0.25, 0.3) is 0 Å². The average Bonchev–Trinajstić information content (AvgIpc) is 3.52. The highest BCUT2D eigenvalue weighted by molar-refractivity contribution is 5.83. The maximum atomic E-state index is 5.91. The lowest BCUT2D eigenvalue weighted by Crippen LogP contribution is -1.95. The van der Waals surface area contributed by atoms with Crippen LogP contribution in [0.25, 0.3) is 10.8 Å². The van der Waals surface area contributed by atoms with Crippen molar-refractivity contribution in [1.82, 2.24) is 0 Å². The van der Waals surface area contributed by atoms with Gasteiger partial charge in [0.05, 0.1) is 0 Å². The zero-order valence-electron chi connectivity index (χ0n) is 15.9. The van der Waals surface area contributed by atoms with Gasteiger partial charge in [0, 0.05) is 0 Å². The van der Waals surface area contributed by atoms with Crippen molar-refractivity contribution < 1.29 is 4.74 Å². The topological polar surface area (TPSA) is 9.23 Å². The van der Waals surface area contributed by atoms with Gasteiger partial charge < -0.3 is 4.74 Å². The summed E-state index contributed by atoms with van der Waals surface area (Å²) in [6.07, 6.45) is 2.46. The van der Waals surface area contributed by atoms with Crippen LogP contribution in [0.2, 0.25) is 0 Å². The summed E-state index contributed by atoms with van der Waals surface area (Å²) < 4.78 is 5.91. The molecule has 0 aliphatic heterocycles. The molecular formula is C27H24O. The minimum absolute atomic E-state index is 0.619. The van der Waals surface area contributed by atoms with Gasteiger partial charge in [0.1, 0.15) is 12.4 Å². The summed E-state index contributed by atoms with van der Waals surface area (Å²) in [7, 11) is 0. The van der Waals surface area contributed by atoms with E-state index in [9.17, 15) is 0 Å². The number of hydrogen-bond acceptors (Lipinski definition) is 1. The predicted molar refractivity (Wildman–Crippen MR) is 116 cm³/mol. The summed E-state index contributed by atoms with van der Waals surface area (Å²) in [5.41, 5.74) is 4.09. The zero-order valence-corrected chi connectivity index (χ0v) is 15.9. The Balaban J connectivity index is 1.19. The van der Waals surface area contributed by atoms with Gasteiger partial charge in [-0.25, -0.2) is 0 Å². The van der Waals surface area contributed by atoms with Gasteiger partial charge in [0.15, 0.2) is 0 Å². The number of benzene rings is 4. The molecule has 1 aliphatic carbocycles. The third-order valence-corrected chi connectivity index (χ3v) is 5.79. The zero-order chi connectivity index (χ0) is 18.8. The number of ether oxygens (including phenoxy) is 1. The highest BCUT2D eigenvalue weighted by Gasteiger charge is 2.37. The maximum absolute atomic E-state index is 5.91. The Morgan fingerprint density at radius 1 is 0.679 bits per heavy atom. The van der Waals surface area contributed by atoms with Gasteiger partial charge in [-0.2, -0.15) is 0 Å². The fourth-order valence-electron chi connectivity index (χ4n) is 4.10. The molecule has 1 fully saturated rings. The second-order valence-corrected chi connectivity index (χ2v) is 7.83. The molecule has 138 valence electrons. The molecule has 1 aliphatic rings. The van der Waals surface area contributed by atoms with Crippen LogP contribution < -0.4 is 4.74 Å². The van der Waals surface area contributed by atoms with Crippen LogP contribution in [0.4, 0.5) is 0 Å². The molecule has 1 saturated carbocycles. The normalized spacial score (nSPS) is 18.1. The number of hydrogen-bond donors (Lipinski definition) is 0. The molecule has 1 heteroatoms. The van der Waals surface area contributed by atoms with Crippen molar-refractivity contribution in [3.63, 3.8) is 0 Å². The Morgan fingerprint density at radius 3 is 2.25 bits per heavy atom. The molecule has 0 amide bonds. The van der Waals surface area contributed by atoms with Gasteiger partial charge in [-0.05, 0) is 64.3 Å². The molecular weight excluding hydrogens is 340 g/mol. The Morgan fingerprint density at radius 2 is 1.43 bits per heavy atom. The number of fused-ring (bicyclic) bond motifs is 1. The van der Waals surface area contributed by atoms with Gasteiger partial charge in [-0.3, -0.25) is 0 Å². The molecule has 0 saturated heterocycles. The Hall–Kier alpha value is -3.06. The first-order valence-corrected chi connectivity index (χ1v) is 10.1. The van der Waals surface area contributed by atoms with Crippen LogP contribution >= 0.6 is 0 Å². The molecule has 0 N–H and O–H groups in total. The molecule has 0 heterocycles. The van der Waals surface area contributed by atoms with Crippen LogP contribution in [0, 0.1) is 5.92 Å². The quantitative estimate of drug-likeness (QED) is 0.367. The van der Waals surface area contributed by atoms with E-state index in [4.69, 9.17) is 4.74 Å². The molecule has 1 nitrogen and oxygen atoms in total. The molecule has 0 spiro atoms. The summed E-state index contributed by atoms with van der Waals surface area (Å²) >= 11 is 0. The Bertz CT molecular complexity index is 1070. The monoisotopic (exact) mass is 364 g/mol. The summed E-state index contributed by atoms with van der Waals surface area (Å²) in [5, 5.41) is 2.67. The fraction of sp³-hybridized carbons (Fsp3) is 0.185. The largest absolute Gasteiger partial charge is 0.489 e. The van der Waals surface area contributed by atoms with Crippen molar-refractivity contribution in [2.24, 2.45) is 5.92 Å². The first kappa shape index (κ1) is 17.1. The summed E-state index contributed by atoms with van der Waals surface area (Å²) in [6.45, 7) is 0.619. The second kappa shape index (κ2) is 7.52. The standard InChI is InChI=1S/C27H24O/c1-2-6-20(7-3-1)19-28-26-14-12-23(13-15-26)27-18-25(27)17-21-10-11-22-8-4-5-9-24(22)16-21/h1-16,25,27H,17-19H2. The van der Waals surface area contributed by atoms with E-state index in [1.165, 1.54) is 40.3 Å². The van der Waals surface area contributed by atoms with E-state index < -0.39 is 0 Å². The minimum atomic E-state index is 0.619. The van der Waals surface area contributed by atoms with Gasteiger partial charge in [0.2, 0.25) is 0 Å². The van der Waals surface area contributed by atoms with Crippen LogP contribution in [0.5, 0.6) is 5.75 Å². The third-order valence-electron chi connectivity index (χ3n) is 5.79. The molecule has 2 unspecified atom stereocenters. The number of rotatable bonds is 6. The van der Waals surface area contributed by atoms with Crippen molar-refractivity contribution in [3.8, 4) is 5.75 Å². The van der Waals surface area contributed by atoms with E-state index in [0.717, 1.165) is 11.7 Å². The molecule has 0 bridgehead atoms. The van der Waals surface area contributed by atoms with E-state index in [1.54, 1.807) is 0 Å². The maximum Gasteiger partial charge on any atom is 0.119 e. The first-order valence-electron chi connectivity index (χ1n) is 10.1. The van der Waals surface area contributed by atoms with Crippen molar-refractivity contribution in [2.45, 2.75) is 25.4 Å². The summed E-state index contributed by atoms with van der Waals surface area (Å²) in [4.78, 5) is 0. The third kappa shape index (κ3) is 3.80. The molecule has 0 aromatic heterocycles. The smallest absolute Gasteiger partial charge is 0.119 e. The van der Waals surface area contributed by atoms with Gasteiger partial charge in [-0.1, -0.05) is 84.9 Å². The van der Waals surface area contributed by atoms with Crippen LogP contribution in [-0.4, -0.2) is 0 Å². The second-order valence-electron chi connectivity index (χ2n) is 7.83. The lowest BCUT2D eigenvalue weighted by Gasteiger charge is -2.08. The van der Waals surface area contributed by atoms with E-state index in [-0.39, 0.29) is 0 Å². The molecule has 2 atom stereocenters. The van der Waals surface area contributed by atoms with Crippen LogP contribution in [0.15, 0.2) is 97.1 Å². The molecule has 5 rings (SSSR count). The molecule has 4 aromatic carbocycles. The highest BCUT2D eigenvalue weighted by atomic mass is 16.5. The van der Waals surface area contributed by atoms with Crippen molar-refractivity contribution in [2.75, 3.05) is 0 Å². The lowest BCUT2D eigenvalue weighted by atomic mass is 10.0. The van der Waals surface area contributed by atoms with E-state index in [2.05, 4.69) is 78.9 Å². The Labute approximate surface area is 166 Å². The van der Waals surface area contributed by atoms with Crippen LogP contribution in [0.1, 0.15) is 29.0 Å². The summed E-state index contributed by atoms with van der Waals surface area (Å²) in [5.74, 6) is 2.39. The highest BCUT2D eigenvalue weighted by Crippen LogP contribution is 2.49. The lowest BCUT2D eigenvalue weighted by molar-refractivity contribution is 0.306. The average molecular weight is 364 g/mol. The molecule has 4 aromatic rings. The van der Waals surface area contributed by atoms with Gasteiger partial charge in [-0.15, -0.1) is 0 Å². The Kier molecular flexibility index (Phi) is 4.58. The van der Waals surface area contributed by atoms with Gasteiger partial charge >= 0.3 is 0 Å². The minimum Gasteiger partial charge on any atom is -0.489 e. The molecule has 28 heavy (non-hydrogen) atoms. The summed E-state index contributed by atoms with van der Waals surface area (Å²) in [6, 6.07) is 34.5. The predicted octanol–water partition coefficient (Wildman–Crippen LogP) is 6.77. The molecule has 0 radical (unpaired) electrons. The van der Waals surface area contributed by atoms with E-state index >= 15 is 0 Å².